The molecule has 138 valence electrons. The fourth-order valence-electron chi connectivity index (χ4n) is 2.89. The number of hydrogen-bond acceptors (Lipinski definition) is 5. The van der Waals surface area contributed by atoms with Gasteiger partial charge in [-0.2, -0.15) is 0 Å². The maximum absolute atomic E-state index is 11.5. The van der Waals surface area contributed by atoms with Gasteiger partial charge in [0.1, 0.15) is 12.0 Å². The Morgan fingerprint density at radius 1 is 1.23 bits per heavy atom. The number of nitrogens with zero attached hydrogens (tertiary/aromatic N) is 1. The van der Waals surface area contributed by atoms with E-state index in [1.54, 1.807) is 0 Å². The van der Waals surface area contributed by atoms with Gasteiger partial charge in [0, 0.05) is 18.3 Å². The van der Waals surface area contributed by atoms with Crippen molar-refractivity contribution in [2.75, 3.05) is 6.61 Å². The number of ether oxygens (including phenoxy) is 1. The van der Waals surface area contributed by atoms with Gasteiger partial charge in [-0.05, 0) is 49.1 Å². The first-order chi connectivity index (χ1) is 12.5. The predicted octanol–water partition coefficient (Wildman–Crippen LogP) is 3.34. The molecular weight excluding hydrogens is 348 g/mol. The predicted molar refractivity (Wildman–Crippen MR) is 103 cm³/mol. The highest BCUT2D eigenvalue weighted by molar-refractivity contribution is 8.15. The maximum atomic E-state index is 11.5. The zero-order chi connectivity index (χ0) is 18.6. The van der Waals surface area contributed by atoms with Crippen LogP contribution in [0.3, 0.4) is 0 Å². The lowest BCUT2D eigenvalue weighted by Crippen LogP contribution is -2.40. The minimum Gasteiger partial charge on any atom is -0.493 e. The summed E-state index contributed by atoms with van der Waals surface area (Å²) in [6.07, 6.45) is 3.45. The molecule has 1 aromatic carbocycles. The molecule has 1 aliphatic heterocycles. The van der Waals surface area contributed by atoms with Crippen LogP contribution in [0.4, 0.5) is 4.79 Å². The van der Waals surface area contributed by atoms with Crippen molar-refractivity contribution < 1.29 is 14.6 Å². The van der Waals surface area contributed by atoms with Gasteiger partial charge in [0.05, 0.1) is 11.4 Å². The van der Waals surface area contributed by atoms with Crippen LogP contribution >= 0.6 is 11.8 Å². The molecule has 3 rings (SSSR count). The quantitative estimate of drug-likeness (QED) is 0.780. The fraction of sp³-hybridized carbons (Fsp3) is 0.400. The first-order valence-corrected chi connectivity index (χ1v) is 9.63. The summed E-state index contributed by atoms with van der Waals surface area (Å²) in [7, 11) is 0. The van der Waals surface area contributed by atoms with E-state index in [1.807, 2.05) is 43.5 Å². The first-order valence-electron chi connectivity index (χ1n) is 8.81. The van der Waals surface area contributed by atoms with E-state index < -0.39 is 11.0 Å². The van der Waals surface area contributed by atoms with Crippen LogP contribution in [0, 0.1) is 0 Å². The maximum Gasteiger partial charge on any atom is 0.281 e. The van der Waals surface area contributed by atoms with Crippen LogP contribution in [0.25, 0.3) is 0 Å². The Bertz CT molecular complexity index is 749. The van der Waals surface area contributed by atoms with Gasteiger partial charge >= 0.3 is 0 Å². The van der Waals surface area contributed by atoms with Crippen molar-refractivity contribution in [2.45, 2.75) is 44.1 Å². The van der Waals surface area contributed by atoms with Crippen LogP contribution in [0.2, 0.25) is 0 Å². The number of aromatic nitrogens is 1. The Hall–Kier alpha value is -2.05. The molecule has 0 aliphatic carbocycles. The molecule has 5 nitrogen and oxygen atoms in total. The molecular formula is C20H24N2O3S. The van der Waals surface area contributed by atoms with Crippen LogP contribution in [-0.4, -0.2) is 32.9 Å². The number of aliphatic hydroxyl groups is 1. The van der Waals surface area contributed by atoms with Crippen LogP contribution in [0.5, 0.6) is 5.75 Å². The smallest absolute Gasteiger partial charge is 0.281 e. The van der Waals surface area contributed by atoms with Crippen LogP contribution in [-0.2, 0) is 19.3 Å². The Morgan fingerprint density at radius 2 is 1.96 bits per heavy atom. The molecule has 2 N–H and O–H groups in total. The molecule has 26 heavy (non-hydrogen) atoms. The highest BCUT2D eigenvalue weighted by Gasteiger charge is 2.43. The molecule has 0 radical (unpaired) electrons. The molecule has 1 aromatic heterocycles. The van der Waals surface area contributed by atoms with Crippen molar-refractivity contribution in [3.8, 4) is 5.75 Å². The minimum absolute atomic E-state index is 0.180. The van der Waals surface area contributed by atoms with E-state index in [-0.39, 0.29) is 5.24 Å². The highest BCUT2D eigenvalue weighted by atomic mass is 32.2. The summed E-state index contributed by atoms with van der Waals surface area (Å²) in [4.78, 5) is 15.9. The summed E-state index contributed by atoms with van der Waals surface area (Å²) in [6, 6.07) is 12.0. The molecule has 2 heterocycles. The van der Waals surface area contributed by atoms with Gasteiger partial charge < -0.3 is 15.2 Å². The SMILES string of the molecule is CCc1ccc(CCOc2ccc(CC3(C)SC(=O)NC3O)cc2)nc1. The number of aryl methyl sites for hydroxylation is 1. The van der Waals surface area contributed by atoms with E-state index in [2.05, 4.69) is 23.3 Å². The second kappa shape index (κ2) is 8.10. The van der Waals surface area contributed by atoms with Gasteiger partial charge in [-0.25, -0.2) is 0 Å². The molecule has 1 fully saturated rings. The van der Waals surface area contributed by atoms with Crippen molar-refractivity contribution in [3.63, 3.8) is 0 Å². The van der Waals surface area contributed by atoms with Gasteiger partial charge in [0.15, 0.2) is 0 Å². The number of benzene rings is 1. The summed E-state index contributed by atoms with van der Waals surface area (Å²) in [6.45, 7) is 4.58. The molecule has 2 atom stereocenters. The second-order valence-corrected chi connectivity index (χ2v) is 8.19. The number of rotatable bonds is 7. The number of thioether (sulfide) groups is 1. The van der Waals surface area contributed by atoms with Crippen molar-refractivity contribution in [1.29, 1.82) is 0 Å². The summed E-state index contributed by atoms with van der Waals surface area (Å²) in [5.41, 5.74) is 3.32. The van der Waals surface area contributed by atoms with E-state index in [0.717, 1.165) is 41.6 Å². The zero-order valence-corrected chi connectivity index (χ0v) is 15.9. The summed E-state index contributed by atoms with van der Waals surface area (Å²) in [5, 5.41) is 12.4. The number of carbonyl (C=O) groups is 1. The topological polar surface area (TPSA) is 71.5 Å². The molecule has 1 saturated heterocycles. The molecule has 0 bridgehead atoms. The van der Waals surface area contributed by atoms with E-state index in [0.29, 0.717) is 13.0 Å². The Labute approximate surface area is 158 Å². The highest BCUT2D eigenvalue weighted by Crippen LogP contribution is 2.37. The van der Waals surface area contributed by atoms with E-state index in [9.17, 15) is 9.90 Å². The van der Waals surface area contributed by atoms with Gasteiger partial charge in [-0.3, -0.25) is 9.78 Å². The summed E-state index contributed by atoms with van der Waals surface area (Å²) >= 11 is 1.15. The Balaban J connectivity index is 1.50. The summed E-state index contributed by atoms with van der Waals surface area (Å²) < 4.78 is 5.25. The Morgan fingerprint density at radius 3 is 2.54 bits per heavy atom. The summed E-state index contributed by atoms with van der Waals surface area (Å²) in [5.74, 6) is 0.804. The third kappa shape index (κ3) is 4.56. The third-order valence-corrected chi connectivity index (χ3v) is 5.70. The van der Waals surface area contributed by atoms with Gasteiger partial charge in [0.25, 0.3) is 5.24 Å². The van der Waals surface area contributed by atoms with Crippen LogP contribution < -0.4 is 10.1 Å². The number of nitrogens with one attached hydrogen (secondary N) is 1. The standard InChI is InChI=1S/C20H24N2O3S/c1-3-14-4-7-16(21-13-14)10-11-25-17-8-5-15(6-9-17)12-20(2)18(23)22-19(24)26-20/h4-9,13,18,23H,3,10-12H2,1-2H3,(H,22,24). The number of amides is 1. The van der Waals surface area contributed by atoms with Gasteiger partial charge in [-0.15, -0.1) is 0 Å². The average molecular weight is 372 g/mol. The second-order valence-electron chi connectivity index (χ2n) is 6.68. The van der Waals surface area contributed by atoms with E-state index in [4.69, 9.17) is 4.74 Å². The molecule has 2 unspecified atom stereocenters. The van der Waals surface area contributed by atoms with Crippen molar-refractivity contribution in [1.82, 2.24) is 10.3 Å². The van der Waals surface area contributed by atoms with Crippen molar-refractivity contribution in [2.24, 2.45) is 0 Å². The number of carbonyl (C=O) groups excluding carboxylic acids is 1. The molecule has 0 saturated carbocycles. The molecule has 0 spiro atoms. The van der Waals surface area contributed by atoms with Gasteiger partial charge in [0.2, 0.25) is 0 Å². The lowest BCUT2D eigenvalue weighted by Gasteiger charge is -2.24. The third-order valence-electron chi connectivity index (χ3n) is 4.56. The van der Waals surface area contributed by atoms with Crippen molar-refractivity contribution in [3.05, 3.63) is 59.4 Å². The molecule has 2 aromatic rings. The van der Waals surface area contributed by atoms with E-state index in [1.165, 1.54) is 5.56 Å². The van der Waals surface area contributed by atoms with Crippen LogP contribution in [0.15, 0.2) is 42.6 Å². The number of hydrogen-bond donors (Lipinski definition) is 2. The zero-order valence-electron chi connectivity index (χ0n) is 15.1. The first kappa shape index (κ1) is 18.7. The monoisotopic (exact) mass is 372 g/mol. The van der Waals surface area contributed by atoms with Gasteiger partial charge in [-0.1, -0.05) is 36.9 Å². The molecule has 1 amide bonds. The van der Waals surface area contributed by atoms with Crippen molar-refractivity contribution >= 4 is 17.0 Å². The lowest BCUT2D eigenvalue weighted by atomic mass is 9.98. The van der Waals surface area contributed by atoms with Crippen LogP contribution in [0.1, 0.15) is 30.7 Å². The molecule has 1 aliphatic rings. The van der Waals surface area contributed by atoms with E-state index >= 15 is 0 Å². The average Bonchev–Trinajstić information content (AvgIpc) is 2.88. The number of pyridine rings is 1. The largest absolute Gasteiger partial charge is 0.493 e. The minimum atomic E-state index is -0.831. The number of aliphatic hydroxyl groups excluding tert-OH is 1. The lowest BCUT2D eigenvalue weighted by molar-refractivity contribution is 0.120. The molecule has 6 heteroatoms. The Kier molecular flexibility index (Phi) is 5.84. The fourth-order valence-corrected chi connectivity index (χ4v) is 3.89. The normalized spacial score (nSPS) is 22.3.